The molecule has 1 atom stereocenters. The van der Waals surface area contributed by atoms with Gasteiger partial charge in [-0.3, -0.25) is 4.90 Å². The van der Waals surface area contributed by atoms with Crippen molar-refractivity contribution in [2.45, 2.75) is 33.7 Å². The summed E-state index contributed by atoms with van der Waals surface area (Å²) in [6.45, 7) is 9.59. The Morgan fingerprint density at radius 2 is 2.20 bits per heavy atom. The van der Waals surface area contributed by atoms with Crippen molar-refractivity contribution in [1.29, 1.82) is 0 Å². The number of nitrogens with zero attached hydrogens (tertiary/aromatic N) is 3. The van der Waals surface area contributed by atoms with E-state index in [-0.39, 0.29) is 0 Å². The maximum Gasteiger partial charge on any atom is 0.152 e. The molecule has 2 aromatic rings. The molecular weight excluding hydrogens is 270 g/mol. The third-order valence-electron chi connectivity index (χ3n) is 4.08. The summed E-state index contributed by atoms with van der Waals surface area (Å²) in [7, 11) is 0. The fraction of sp³-hybridized carbons (Fsp3) is 0.571. The molecule has 0 saturated carbocycles. The van der Waals surface area contributed by atoms with Crippen LogP contribution in [0.1, 0.15) is 29.6 Å². The lowest BCUT2D eigenvalue weighted by atomic mass is 10.2. The first-order valence-electron chi connectivity index (χ1n) is 7.04. The van der Waals surface area contributed by atoms with Gasteiger partial charge in [0, 0.05) is 11.4 Å². The smallest absolute Gasteiger partial charge is 0.152 e. The van der Waals surface area contributed by atoms with Crippen LogP contribution in [0.5, 0.6) is 0 Å². The number of aromatic nitrogens is 2. The van der Waals surface area contributed by atoms with Crippen molar-refractivity contribution in [1.82, 2.24) is 14.9 Å². The second-order valence-electron chi connectivity index (χ2n) is 5.73. The Kier molecular flexibility index (Phi) is 3.62. The van der Waals surface area contributed by atoms with E-state index in [4.69, 9.17) is 10.8 Å². The Hall–Kier alpha value is -1.24. The van der Waals surface area contributed by atoms with Gasteiger partial charge in [0.1, 0.15) is 10.7 Å². The largest absolute Gasteiger partial charge is 0.308 e. The summed E-state index contributed by atoms with van der Waals surface area (Å²) in [5, 5.41) is 1.06. The van der Waals surface area contributed by atoms with Crippen LogP contribution in [0.4, 0.5) is 5.82 Å². The molecule has 3 heterocycles. The van der Waals surface area contributed by atoms with E-state index in [0.29, 0.717) is 0 Å². The zero-order valence-electron chi connectivity index (χ0n) is 12.2. The molecule has 108 valence electrons. The minimum Gasteiger partial charge on any atom is -0.308 e. The number of rotatable bonds is 3. The van der Waals surface area contributed by atoms with Gasteiger partial charge in [0.15, 0.2) is 5.82 Å². The lowest BCUT2D eigenvalue weighted by Crippen LogP contribution is -2.22. The van der Waals surface area contributed by atoms with Gasteiger partial charge in [0.2, 0.25) is 0 Å². The number of nitrogens with one attached hydrogen (secondary N) is 1. The number of hydrazine groups is 1. The highest BCUT2D eigenvalue weighted by atomic mass is 32.1. The van der Waals surface area contributed by atoms with Crippen LogP contribution in [0.3, 0.4) is 0 Å². The van der Waals surface area contributed by atoms with Crippen LogP contribution >= 0.6 is 11.3 Å². The van der Waals surface area contributed by atoms with Crippen LogP contribution in [0.25, 0.3) is 10.2 Å². The Bertz CT molecular complexity index is 636. The van der Waals surface area contributed by atoms with Gasteiger partial charge in [0.05, 0.1) is 11.9 Å². The number of likely N-dealkylation sites (tertiary alicyclic amines) is 1. The van der Waals surface area contributed by atoms with Crippen molar-refractivity contribution in [2.24, 2.45) is 11.8 Å². The third-order valence-corrected chi connectivity index (χ3v) is 5.19. The Balaban J connectivity index is 1.96. The van der Waals surface area contributed by atoms with Gasteiger partial charge in [-0.2, -0.15) is 0 Å². The van der Waals surface area contributed by atoms with Gasteiger partial charge >= 0.3 is 0 Å². The van der Waals surface area contributed by atoms with Crippen LogP contribution < -0.4 is 11.3 Å². The quantitative estimate of drug-likeness (QED) is 0.671. The van der Waals surface area contributed by atoms with Crippen molar-refractivity contribution in [2.75, 3.05) is 18.5 Å². The van der Waals surface area contributed by atoms with Gasteiger partial charge in [0.25, 0.3) is 0 Å². The molecule has 3 rings (SSSR count). The SMILES string of the molecule is Cc1sc2nc(CN3CCC(C)C3)nc(NN)c2c1C. The van der Waals surface area contributed by atoms with E-state index in [0.717, 1.165) is 47.4 Å². The number of hydrogen-bond donors (Lipinski definition) is 2. The van der Waals surface area contributed by atoms with Crippen LogP contribution in [0, 0.1) is 19.8 Å². The molecule has 3 N–H and O–H groups in total. The Morgan fingerprint density at radius 3 is 2.85 bits per heavy atom. The molecule has 0 spiro atoms. The average molecular weight is 291 g/mol. The minimum absolute atomic E-state index is 0.749. The molecule has 5 nitrogen and oxygen atoms in total. The van der Waals surface area contributed by atoms with Gasteiger partial charge in [-0.25, -0.2) is 15.8 Å². The predicted octanol–water partition coefficient (Wildman–Crippen LogP) is 2.44. The highest BCUT2D eigenvalue weighted by Gasteiger charge is 2.21. The van der Waals surface area contributed by atoms with Crippen LogP contribution in [-0.2, 0) is 6.54 Å². The van der Waals surface area contributed by atoms with Gasteiger partial charge in [-0.1, -0.05) is 6.92 Å². The molecule has 0 amide bonds. The van der Waals surface area contributed by atoms with Crippen LogP contribution in [0.15, 0.2) is 0 Å². The number of nitrogen functional groups attached to an aromatic ring is 1. The Labute approximate surface area is 123 Å². The molecule has 1 aliphatic rings. The summed E-state index contributed by atoms with van der Waals surface area (Å²) in [6.07, 6.45) is 1.27. The number of nitrogens with two attached hydrogens (primary N) is 1. The normalized spacial score (nSPS) is 19.9. The molecular formula is C14H21N5S. The first-order chi connectivity index (χ1) is 9.58. The second kappa shape index (κ2) is 5.27. The third kappa shape index (κ3) is 2.39. The van der Waals surface area contributed by atoms with E-state index in [1.807, 2.05) is 0 Å². The van der Waals surface area contributed by atoms with E-state index >= 15 is 0 Å². The number of anilines is 1. The second-order valence-corrected chi connectivity index (χ2v) is 6.93. The van der Waals surface area contributed by atoms with Gasteiger partial charge in [-0.15, -0.1) is 11.3 Å². The van der Waals surface area contributed by atoms with E-state index < -0.39 is 0 Å². The van der Waals surface area contributed by atoms with E-state index in [1.54, 1.807) is 11.3 Å². The maximum atomic E-state index is 5.64. The zero-order chi connectivity index (χ0) is 14.3. The van der Waals surface area contributed by atoms with Crippen molar-refractivity contribution >= 4 is 27.4 Å². The summed E-state index contributed by atoms with van der Waals surface area (Å²) in [5.41, 5.74) is 3.96. The lowest BCUT2D eigenvalue weighted by Gasteiger charge is -2.14. The molecule has 2 aromatic heterocycles. The molecule has 0 radical (unpaired) electrons. The standard InChI is InChI=1S/C14H21N5S/c1-8-4-5-19(6-8)7-11-16-13(18-15)12-9(2)10(3)20-14(12)17-11/h8H,4-7,15H2,1-3H3,(H,16,17,18). The van der Waals surface area contributed by atoms with Crippen molar-refractivity contribution < 1.29 is 0 Å². The molecule has 1 aliphatic heterocycles. The van der Waals surface area contributed by atoms with E-state index in [9.17, 15) is 0 Å². The predicted molar refractivity (Wildman–Crippen MR) is 83.8 cm³/mol. The molecule has 1 fully saturated rings. The lowest BCUT2D eigenvalue weighted by molar-refractivity contribution is 0.312. The molecule has 0 aromatic carbocycles. The van der Waals surface area contributed by atoms with E-state index in [1.165, 1.54) is 16.9 Å². The van der Waals surface area contributed by atoms with Crippen LogP contribution in [0.2, 0.25) is 0 Å². The molecule has 0 aliphatic carbocycles. The number of thiophene rings is 1. The first-order valence-corrected chi connectivity index (χ1v) is 7.85. The molecule has 20 heavy (non-hydrogen) atoms. The summed E-state index contributed by atoms with van der Waals surface area (Å²) >= 11 is 1.72. The molecule has 1 saturated heterocycles. The molecule has 1 unspecified atom stereocenters. The average Bonchev–Trinajstić information content (AvgIpc) is 2.94. The maximum absolute atomic E-state index is 5.64. The highest BCUT2D eigenvalue weighted by molar-refractivity contribution is 7.18. The first kappa shape index (κ1) is 13.7. The van der Waals surface area contributed by atoms with Crippen molar-refractivity contribution in [3.63, 3.8) is 0 Å². The van der Waals surface area contributed by atoms with E-state index in [2.05, 4.69) is 36.1 Å². The van der Waals surface area contributed by atoms with Crippen molar-refractivity contribution in [3.05, 3.63) is 16.3 Å². The van der Waals surface area contributed by atoms with Gasteiger partial charge in [-0.05, 0) is 38.3 Å². The fourth-order valence-electron chi connectivity index (χ4n) is 2.84. The zero-order valence-corrected chi connectivity index (χ0v) is 13.0. The van der Waals surface area contributed by atoms with Crippen LogP contribution in [-0.4, -0.2) is 28.0 Å². The number of aryl methyl sites for hydroxylation is 2. The minimum atomic E-state index is 0.749. The monoisotopic (exact) mass is 291 g/mol. The summed E-state index contributed by atoms with van der Waals surface area (Å²) < 4.78 is 0. The molecule has 0 bridgehead atoms. The Morgan fingerprint density at radius 1 is 1.40 bits per heavy atom. The highest BCUT2D eigenvalue weighted by Crippen LogP contribution is 2.33. The topological polar surface area (TPSA) is 67.1 Å². The summed E-state index contributed by atoms with van der Waals surface area (Å²) in [5.74, 6) is 8.03. The fourth-order valence-corrected chi connectivity index (χ4v) is 3.89. The summed E-state index contributed by atoms with van der Waals surface area (Å²) in [4.78, 5) is 14.0. The van der Waals surface area contributed by atoms with Gasteiger partial charge < -0.3 is 5.43 Å². The number of hydrogen-bond acceptors (Lipinski definition) is 6. The summed E-state index contributed by atoms with van der Waals surface area (Å²) in [6, 6.07) is 0. The number of fused-ring (bicyclic) bond motifs is 1. The van der Waals surface area contributed by atoms with Crippen molar-refractivity contribution in [3.8, 4) is 0 Å². The molecule has 6 heteroatoms.